The Kier molecular flexibility index (Phi) is 3.14. The van der Waals surface area contributed by atoms with Gasteiger partial charge in [-0.3, -0.25) is 4.79 Å². The normalized spacial score (nSPS) is 14.1. The third-order valence-corrected chi connectivity index (χ3v) is 3.65. The number of likely N-dealkylation sites (N-methyl/N-ethyl adjacent to an activating group) is 1. The highest BCUT2D eigenvalue weighted by molar-refractivity contribution is 5.89. The number of carbonyl (C=O) groups excluding carboxylic acids is 1. The van der Waals surface area contributed by atoms with Gasteiger partial charge in [0.15, 0.2) is 6.29 Å². The molecule has 3 nitrogen and oxygen atoms in total. The number of rotatable bonds is 2. The molecule has 0 atom stereocenters. The fraction of sp³-hybridized carbons (Fsp3) is 0.188. The van der Waals surface area contributed by atoms with Gasteiger partial charge in [0, 0.05) is 25.7 Å². The van der Waals surface area contributed by atoms with Crippen molar-refractivity contribution in [2.75, 3.05) is 29.9 Å². The lowest BCUT2D eigenvalue weighted by atomic mass is 10.1. The molecule has 0 aromatic heterocycles. The number of hydrogen-bond donors (Lipinski definition) is 0. The molecule has 3 rings (SSSR count). The van der Waals surface area contributed by atoms with Crippen LogP contribution >= 0.6 is 0 Å². The first-order valence-electron chi connectivity index (χ1n) is 6.53. The fourth-order valence-corrected chi connectivity index (χ4v) is 2.62. The zero-order chi connectivity index (χ0) is 14.1. The Balaban J connectivity index is 2.12. The van der Waals surface area contributed by atoms with Gasteiger partial charge in [0.05, 0.1) is 17.1 Å². The van der Waals surface area contributed by atoms with Crippen LogP contribution in [0.1, 0.15) is 10.4 Å². The Hall–Kier alpha value is -2.36. The summed E-state index contributed by atoms with van der Waals surface area (Å²) in [6.45, 7) is 1.62. The standard InChI is InChI=1S/C16H15FN2O/c1-18-8-9-19(16-5-3-2-4-15(16)18)14-7-6-13(17)10-12(14)11-20/h2-7,10-11H,8-9H2,1H3. The molecule has 2 aromatic rings. The van der Waals surface area contributed by atoms with Gasteiger partial charge in [-0.15, -0.1) is 0 Å². The second-order valence-electron chi connectivity index (χ2n) is 4.88. The summed E-state index contributed by atoms with van der Waals surface area (Å²) in [4.78, 5) is 15.4. The van der Waals surface area contributed by atoms with E-state index in [1.165, 1.54) is 12.1 Å². The van der Waals surface area contributed by atoms with Crippen molar-refractivity contribution in [1.29, 1.82) is 0 Å². The van der Waals surface area contributed by atoms with Crippen LogP contribution in [0, 0.1) is 5.82 Å². The van der Waals surface area contributed by atoms with Crippen molar-refractivity contribution >= 4 is 23.3 Å². The van der Waals surface area contributed by atoms with Crippen LogP contribution < -0.4 is 9.80 Å². The molecule has 1 aliphatic heterocycles. The van der Waals surface area contributed by atoms with Crippen molar-refractivity contribution in [2.24, 2.45) is 0 Å². The van der Waals surface area contributed by atoms with E-state index >= 15 is 0 Å². The zero-order valence-corrected chi connectivity index (χ0v) is 11.2. The number of aldehydes is 1. The molecule has 1 aliphatic rings. The van der Waals surface area contributed by atoms with E-state index in [4.69, 9.17) is 0 Å². The van der Waals surface area contributed by atoms with E-state index in [0.717, 1.165) is 30.2 Å². The maximum Gasteiger partial charge on any atom is 0.152 e. The van der Waals surface area contributed by atoms with Gasteiger partial charge < -0.3 is 9.80 Å². The van der Waals surface area contributed by atoms with Crippen molar-refractivity contribution in [3.63, 3.8) is 0 Å². The van der Waals surface area contributed by atoms with E-state index in [2.05, 4.69) is 9.80 Å². The number of carbonyl (C=O) groups is 1. The largest absolute Gasteiger partial charge is 0.371 e. The molecule has 0 N–H and O–H groups in total. The summed E-state index contributed by atoms with van der Waals surface area (Å²) >= 11 is 0. The first-order valence-corrected chi connectivity index (χ1v) is 6.53. The monoisotopic (exact) mass is 270 g/mol. The predicted molar refractivity (Wildman–Crippen MR) is 78.5 cm³/mol. The Labute approximate surface area is 117 Å². The van der Waals surface area contributed by atoms with Crippen LogP contribution in [-0.2, 0) is 0 Å². The van der Waals surface area contributed by atoms with Gasteiger partial charge in [0.1, 0.15) is 5.82 Å². The maximum absolute atomic E-state index is 13.3. The molecule has 0 saturated carbocycles. The molecule has 0 fully saturated rings. The van der Waals surface area contributed by atoms with Gasteiger partial charge in [-0.1, -0.05) is 12.1 Å². The number of nitrogens with zero attached hydrogens (tertiary/aromatic N) is 2. The van der Waals surface area contributed by atoms with Crippen LogP contribution in [0.15, 0.2) is 42.5 Å². The predicted octanol–water partition coefficient (Wildman–Crippen LogP) is 3.23. The van der Waals surface area contributed by atoms with Crippen LogP contribution in [0.4, 0.5) is 21.5 Å². The van der Waals surface area contributed by atoms with E-state index in [1.807, 2.05) is 31.3 Å². The van der Waals surface area contributed by atoms with Crippen LogP contribution in [0.25, 0.3) is 0 Å². The highest BCUT2D eigenvalue weighted by atomic mass is 19.1. The van der Waals surface area contributed by atoms with Gasteiger partial charge in [-0.05, 0) is 30.3 Å². The van der Waals surface area contributed by atoms with Crippen LogP contribution in [0.3, 0.4) is 0 Å². The maximum atomic E-state index is 13.3. The van der Waals surface area contributed by atoms with E-state index < -0.39 is 5.82 Å². The van der Waals surface area contributed by atoms with Crippen molar-refractivity contribution in [2.45, 2.75) is 0 Å². The average molecular weight is 270 g/mol. The Bertz CT molecular complexity index is 657. The van der Waals surface area contributed by atoms with Gasteiger partial charge in [-0.2, -0.15) is 0 Å². The minimum Gasteiger partial charge on any atom is -0.371 e. The van der Waals surface area contributed by atoms with E-state index in [9.17, 15) is 9.18 Å². The molecular formula is C16H15FN2O. The zero-order valence-electron chi connectivity index (χ0n) is 11.2. The summed E-state index contributed by atoms with van der Waals surface area (Å²) in [5.74, 6) is -0.390. The molecule has 20 heavy (non-hydrogen) atoms. The van der Waals surface area contributed by atoms with Gasteiger partial charge in [0.2, 0.25) is 0 Å². The molecule has 0 unspecified atom stereocenters. The topological polar surface area (TPSA) is 23.6 Å². The van der Waals surface area contributed by atoms with Crippen molar-refractivity contribution in [3.8, 4) is 0 Å². The SMILES string of the molecule is CN1CCN(c2ccc(F)cc2C=O)c2ccccc21. The second-order valence-corrected chi connectivity index (χ2v) is 4.88. The minimum atomic E-state index is -0.390. The summed E-state index contributed by atoms with van der Waals surface area (Å²) in [5.41, 5.74) is 3.28. The number of hydrogen-bond acceptors (Lipinski definition) is 3. The highest BCUT2D eigenvalue weighted by Crippen LogP contribution is 2.37. The number of fused-ring (bicyclic) bond motifs is 1. The molecule has 0 aliphatic carbocycles. The van der Waals surface area contributed by atoms with E-state index in [0.29, 0.717) is 11.8 Å². The number of para-hydroxylation sites is 2. The van der Waals surface area contributed by atoms with Gasteiger partial charge in [-0.25, -0.2) is 4.39 Å². The third kappa shape index (κ3) is 2.03. The van der Waals surface area contributed by atoms with E-state index in [1.54, 1.807) is 6.07 Å². The lowest BCUT2D eigenvalue weighted by molar-refractivity contribution is 0.112. The van der Waals surface area contributed by atoms with Crippen LogP contribution in [-0.4, -0.2) is 26.4 Å². The lowest BCUT2D eigenvalue weighted by Crippen LogP contribution is -2.36. The average Bonchev–Trinajstić information content (AvgIpc) is 2.48. The summed E-state index contributed by atoms with van der Waals surface area (Å²) < 4.78 is 13.3. The molecule has 1 heterocycles. The summed E-state index contributed by atoms with van der Waals surface area (Å²) in [7, 11) is 2.04. The van der Waals surface area contributed by atoms with Gasteiger partial charge >= 0.3 is 0 Å². The number of anilines is 3. The summed E-state index contributed by atoms with van der Waals surface area (Å²) in [6, 6.07) is 12.4. The molecule has 0 bridgehead atoms. The first kappa shape index (κ1) is 12.7. The third-order valence-electron chi connectivity index (χ3n) is 3.65. The Morgan fingerprint density at radius 2 is 1.80 bits per heavy atom. The highest BCUT2D eigenvalue weighted by Gasteiger charge is 2.22. The Morgan fingerprint density at radius 3 is 2.55 bits per heavy atom. The van der Waals surface area contributed by atoms with E-state index in [-0.39, 0.29) is 0 Å². The molecular weight excluding hydrogens is 255 g/mol. The summed E-state index contributed by atoms with van der Waals surface area (Å²) in [6.07, 6.45) is 0.708. The lowest BCUT2D eigenvalue weighted by Gasteiger charge is -2.37. The van der Waals surface area contributed by atoms with Crippen LogP contribution in [0.5, 0.6) is 0 Å². The quantitative estimate of drug-likeness (QED) is 0.783. The molecule has 0 radical (unpaired) electrons. The summed E-state index contributed by atoms with van der Waals surface area (Å²) in [5, 5.41) is 0. The Morgan fingerprint density at radius 1 is 1.05 bits per heavy atom. The molecule has 0 spiro atoms. The molecule has 0 amide bonds. The molecule has 102 valence electrons. The first-order chi connectivity index (χ1) is 9.70. The number of benzene rings is 2. The fourth-order valence-electron chi connectivity index (χ4n) is 2.62. The molecule has 4 heteroatoms. The molecule has 0 saturated heterocycles. The van der Waals surface area contributed by atoms with Crippen molar-refractivity contribution < 1.29 is 9.18 Å². The smallest absolute Gasteiger partial charge is 0.152 e. The van der Waals surface area contributed by atoms with Gasteiger partial charge in [0.25, 0.3) is 0 Å². The number of halogens is 1. The molecule has 2 aromatic carbocycles. The van der Waals surface area contributed by atoms with Crippen molar-refractivity contribution in [3.05, 3.63) is 53.8 Å². The second kappa shape index (κ2) is 4.96. The van der Waals surface area contributed by atoms with Crippen molar-refractivity contribution in [1.82, 2.24) is 0 Å². The minimum absolute atomic E-state index is 0.379. The van der Waals surface area contributed by atoms with Crippen LogP contribution in [0.2, 0.25) is 0 Å².